The largest absolute Gasteiger partial charge is 0.493 e. The summed E-state index contributed by atoms with van der Waals surface area (Å²) < 4.78 is 10.5. The number of nitrogens with two attached hydrogens (primary N) is 1. The maximum absolute atomic E-state index is 5.50. The van der Waals surface area contributed by atoms with Crippen LogP contribution in [0.5, 0.6) is 11.5 Å². The molecule has 0 heterocycles. The SMILES string of the molecule is COc1cc(CCN)cc(C)c1OC. The van der Waals surface area contributed by atoms with Gasteiger partial charge in [0.1, 0.15) is 0 Å². The molecule has 14 heavy (non-hydrogen) atoms. The van der Waals surface area contributed by atoms with Gasteiger partial charge in [-0.2, -0.15) is 0 Å². The summed E-state index contributed by atoms with van der Waals surface area (Å²) in [6.07, 6.45) is 0.862. The van der Waals surface area contributed by atoms with Crippen LogP contribution in [0, 0.1) is 6.92 Å². The van der Waals surface area contributed by atoms with Gasteiger partial charge in [-0.1, -0.05) is 6.07 Å². The van der Waals surface area contributed by atoms with Gasteiger partial charge in [-0.3, -0.25) is 0 Å². The van der Waals surface area contributed by atoms with Crippen LogP contribution in [-0.2, 0) is 6.42 Å². The zero-order valence-corrected chi connectivity index (χ0v) is 8.96. The molecular formula is C11H17NO2. The first-order valence-electron chi connectivity index (χ1n) is 4.64. The van der Waals surface area contributed by atoms with Crippen molar-refractivity contribution in [3.8, 4) is 11.5 Å². The lowest BCUT2D eigenvalue weighted by Gasteiger charge is -2.12. The second-order valence-electron chi connectivity index (χ2n) is 3.19. The van der Waals surface area contributed by atoms with Crippen LogP contribution in [0.25, 0.3) is 0 Å². The Morgan fingerprint density at radius 3 is 2.43 bits per heavy atom. The van der Waals surface area contributed by atoms with E-state index < -0.39 is 0 Å². The molecule has 0 aliphatic rings. The number of benzene rings is 1. The van der Waals surface area contributed by atoms with E-state index in [2.05, 4.69) is 6.07 Å². The molecule has 1 aromatic rings. The molecule has 0 aliphatic heterocycles. The smallest absolute Gasteiger partial charge is 0.163 e. The molecule has 0 saturated heterocycles. The van der Waals surface area contributed by atoms with E-state index >= 15 is 0 Å². The quantitative estimate of drug-likeness (QED) is 0.792. The summed E-state index contributed by atoms with van der Waals surface area (Å²) in [6.45, 7) is 2.65. The second-order valence-corrected chi connectivity index (χ2v) is 3.19. The Labute approximate surface area is 84.8 Å². The summed E-state index contributed by atoms with van der Waals surface area (Å²) in [4.78, 5) is 0. The molecule has 0 unspecified atom stereocenters. The average Bonchev–Trinajstić information content (AvgIpc) is 2.17. The Hall–Kier alpha value is -1.22. The molecule has 0 fully saturated rings. The van der Waals surface area contributed by atoms with Crippen molar-refractivity contribution >= 4 is 0 Å². The summed E-state index contributed by atoms with van der Waals surface area (Å²) in [5, 5.41) is 0. The van der Waals surface area contributed by atoms with E-state index in [1.54, 1.807) is 14.2 Å². The molecule has 0 aliphatic carbocycles. The topological polar surface area (TPSA) is 44.5 Å². The normalized spacial score (nSPS) is 10.0. The highest BCUT2D eigenvalue weighted by molar-refractivity contribution is 5.48. The number of methoxy groups -OCH3 is 2. The van der Waals surface area contributed by atoms with E-state index in [0.29, 0.717) is 6.54 Å². The molecular weight excluding hydrogens is 178 g/mol. The van der Waals surface area contributed by atoms with Crippen molar-refractivity contribution < 1.29 is 9.47 Å². The van der Waals surface area contributed by atoms with Crippen LogP contribution < -0.4 is 15.2 Å². The fourth-order valence-corrected chi connectivity index (χ4v) is 1.54. The van der Waals surface area contributed by atoms with Gasteiger partial charge < -0.3 is 15.2 Å². The molecule has 0 radical (unpaired) electrons. The molecule has 3 nitrogen and oxygen atoms in total. The first kappa shape index (κ1) is 10.9. The zero-order chi connectivity index (χ0) is 10.6. The van der Waals surface area contributed by atoms with Crippen molar-refractivity contribution in [3.63, 3.8) is 0 Å². The van der Waals surface area contributed by atoms with Crippen molar-refractivity contribution in [3.05, 3.63) is 23.3 Å². The molecule has 1 rings (SSSR count). The number of hydrogen-bond acceptors (Lipinski definition) is 3. The van der Waals surface area contributed by atoms with Crippen molar-refractivity contribution in [2.45, 2.75) is 13.3 Å². The summed E-state index contributed by atoms with van der Waals surface area (Å²) >= 11 is 0. The summed E-state index contributed by atoms with van der Waals surface area (Å²) in [7, 11) is 3.29. The van der Waals surface area contributed by atoms with Crippen LogP contribution in [0.4, 0.5) is 0 Å². The van der Waals surface area contributed by atoms with Gasteiger partial charge >= 0.3 is 0 Å². The monoisotopic (exact) mass is 195 g/mol. The Bertz CT molecular complexity index is 310. The van der Waals surface area contributed by atoms with Crippen LogP contribution in [-0.4, -0.2) is 20.8 Å². The van der Waals surface area contributed by atoms with E-state index in [1.807, 2.05) is 13.0 Å². The van der Waals surface area contributed by atoms with E-state index in [1.165, 1.54) is 5.56 Å². The lowest BCUT2D eigenvalue weighted by molar-refractivity contribution is 0.352. The van der Waals surface area contributed by atoms with Gasteiger partial charge in [-0.15, -0.1) is 0 Å². The summed E-state index contributed by atoms with van der Waals surface area (Å²) in [5.41, 5.74) is 7.76. The van der Waals surface area contributed by atoms with Gasteiger partial charge in [0.05, 0.1) is 14.2 Å². The van der Waals surface area contributed by atoms with E-state index in [9.17, 15) is 0 Å². The average molecular weight is 195 g/mol. The minimum Gasteiger partial charge on any atom is -0.493 e. The highest BCUT2D eigenvalue weighted by Crippen LogP contribution is 2.31. The fourth-order valence-electron chi connectivity index (χ4n) is 1.54. The van der Waals surface area contributed by atoms with E-state index in [0.717, 1.165) is 23.5 Å². The van der Waals surface area contributed by atoms with Gasteiger partial charge in [-0.05, 0) is 37.1 Å². The lowest BCUT2D eigenvalue weighted by Crippen LogP contribution is -2.04. The van der Waals surface area contributed by atoms with Gasteiger partial charge in [0.25, 0.3) is 0 Å². The molecule has 0 saturated carbocycles. The summed E-state index contributed by atoms with van der Waals surface area (Å²) in [6, 6.07) is 4.05. The molecule has 0 bridgehead atoms. The third kappa shape index (κ3) is 2.17. The van der Waals surface area contributed by atoms with Crippen LogP contribution in [0.3, 0.4) is 0 Å². The predicted octanol–water partition coefficient (Wildman–Crippen LogP) is 1.51. The minimum atomic E-state index is 0.648. The second kappa shape index (κ2) is 4.86. The van der Waals surface area contributed by atoms with Crippen LogP contribution in [0.2, 0.25) is 0 Å². The first-order valence-corrected chi connectivity index (χ1v) is 4.64. The number of hydrogen-bond donors (Lipinski definition) is 1. The maximum atomic E-state index is 5.50. The van der Waals surface area contributed by atoms with Crippen molar-refractivity contribution in [2.24, 2.45) is 5.73 Å². The molecule has 2 N–H and O–H groups in total. The lowest BCUT2D eigenvalue weighted by atomic mass is 10.1. The Morgan fingerprint density at radius 1 is 1.21 bits per heavy atom. The number of rotatable bonds is 4. The molecule has 78 valence electrons. The Morgan fingerprint density at radius 2 is 1.93 bits per heavy atom. The highest BCUT2D eigenvalue weighted by Gasteiger charge is 2.08. The van der Waals surface area contributed by atoms with Crippen LogP contribution >= 0.6 is 0 Å². The predicted molar refractivity (Wildman–Crippen MR) is 57.0 cm³/mol. The molecule has 0 aromatic heterocycles. The van der Waals surface area contributed by atoms with Crippen molar-refractivity contribution in [1.29, 1.82) is 0 Å². The molecule has 3 heteroatoms. The Balaban J connectivity index is 3.10. The van der Waals surface area contributed by atoms with Crippen molar-refractivity contribution in [1.82, 2.24) is 0 Å². The van der Waals surface area contributed by atoms with E-state index in [4.69, 9.17) is 15.2 Å². The first-order chi connectivity index (χ1) is 6.72. The fraction of sp³-hybridized carbons (Fsp3) is 0.455. The highest BCUT2D eigenvalue weighted by atomic mass is 16.5. The van der Waals surface area contributed by atoms with E-state index in [-0.39, 0.29) is 0 Å². The molecule has 0 atom stereocenters. The third-order valence-corrected chi connectivity index (χ3v) is 2.16. The standard InChI is InChI=1S/C11H17NO2/c1-8-6-9(4-5-12)7-10(13-2)11(8)14-3/h6-7H,4-5,12H2,1-3H3. The summed E-state index contributed by atoms with van der Waals surface area (Å²) in [5.74, 6) is 1.57. The molecule has 0 amide bonds. The molecule has 1 aromatic carbocycles. The van der Waals surface area contributed by atoms with Crippen LogP contribution in [0.1, 0.15) is 11.1 Å². The van der Waals surface area contributed by atoms with Gasteiger partial charge in [0.2, 0.25) is 0 Å². The number of aryl methyl sites for hydroxylation is 1. The van der Waals surface area contributed by atoms with Gasteiger partial charge in [0, 0.05) is 0 Å². The van der Waals surface area contributed by atoms with Gasteiger partial charge in [0.15, 0.2) is 11.5 Å². The van der Waals surface area contributed by atoms with Gasteiger partial charge in [-0.25, -0.2) is 0 Å². The third-order valence-electron chi connectivity index (χ3n) is 2.16. The Kier molecular flexibility index (Phi) is 3.77. The minimum absolute atomic E-state index is 0.648. The zero-order valence-electron chi connectivity index (χ0n) is 8.96. The molecule has 0 spiro atoms. The maximum Gasteiger partial charge on any atom is 0.163 e. The van der Waals surface area contributed by atoms with Crippen LogP contribution in [0.15, 0.2) is 12.1 Å². The number of ether oxygens (including phenoxy) is 2. The van der Waals surface area contributed by atoms with Crippen molar-refractivity contribution in [2.75, 3.05) is 20.8 Å².